The van der Waals surface area contributed by atoms with Gasteiger partial charge in [-0.3, -0.25) is 0 Å². The zero-order valence-corrected chi connectivity index (χ0v) is 14.6. The van der Waals surface area contributed by atoms with Crippen LogP contribution < -0.4 is 5.32 Å². The Balaban J connectivity index is 1.80. The molecule has 1 fully saturated rings. The fourth-order valence-corrected chi connectivity index (χ4v) is 3.23. The predicted octanol–water partition coefficient (Wildman–Crippen LogP) is 4.12. The molecule has 0 saturated carbocycles. The first kappa shape index (κ1) is 18.6. The van der Waals surface area contributed by atoms with Crippen LogP contribution in [0.15, 0.2) is 24.3 Å². The Labute approximate surface area is 149 Å². The van der Waals surface area contributed by atoms with Crippen molar-refractivity contribution in [1.29, 1.82) is 0 Å². The average molecular weight is 368 g/mol. The molecule has 0 aliphatic carbocycles. The van der Waals surface area contributed by atoms with E-state index in [1.54, 1.807) is 13.0 Å². The minimum Gasteiger partial charge on any atom is -0.365 e. The zero-order valence-electron chi connectivity index (χ0n) is 14.6. The number of halogens is 4. The standard InChI is InChI=1S/C18H20F4N4/c1-11-8-16(23-13-4-3-7-26(2)10-13)24-25-17(11)12-5-6-14(15(19)9-12)18(20,21)22/h5-6,8-9,13H,3-4,7,10H2,1-2H3,(H,23,24)/t13-/m1/s1. The van der Waals surface area contributed by atoms with E-state index in [0.717, 1.165) is 38.1 Å². The smallest absolute Gasteiger partial charge is 0.365 e. The maximum atomic E-state index is 13.8. The number of aryl methyl sites for hydroxylation is 1. The number of nitrogens with one attached hydrogen (secondary N) is 1. The van der Waals surface area contributed by atoms with E-state index >= 15 is 0 Å². The summed E-state index contributed by atoms with van der Waals surface area (Å²) in [6.45, 7) is 3.76. The third kappa shape index (κ3) is 4.12. The Morgan fingerprint density at radius 2 is 1.96 bits per heavy atom. The van der Waals surface area contributed by atoms with Crippen LogP contribution in [0.3, 0.4) is 0 Å². The molecule has 1 aliphatic rings. The van der Waals surface area contributed by atoms with Crippen molar-refractivity contribution in [3.8, 4) is 11.3 Å². The molecule has 0 unspecified atom stereocenters. The fraction of sp³-hybridized carbons (Fsp3) is 0.444. The van der Waals surface area contributed by atoms with E-state index in [1.165, 1.54) is 6.07 Å². The first-order valence-corrected chi connectivity index (χ1v) is 8.40. The highest BCUT2D eigenvalue weighted by molar-refractivity contribution is 5.64. The lowest BCUT2D eigenvalue weighted by Gasteiger charge is -2.30. The van der Waals surface area contributed by atoms with Gasteiger partial charge in [-0.05, 0) is 57.1 Å². The van der Waals surface area contributed by atoms with Crippen LogP contribution >= 0.6 is 0 Å². The van der Waals surface area contributed by atoms with Crippen LogP contribution in [0.5, 0.6) is 0 Å². The summed E-state index contributed by atoms with van der Waals surface area (Å²) in [6.07, 6.45) is -2.58. The van der Waals surface area contributed by atoms with E-state index in [9.17, 15) is 17.6 Å². The molecular formula is C18H20F4N4. The Morgan fingerprint density at radius 3 is 2.58 bits per heavy atom. The number of hydrogen-bond donors (Lipinski definition) is 1. The molecule has 140 valence electrons. The van der Waals surface area contributed by atoms with Gasteiger partial charge in [-0.15, -0.1) is 10.2 Å². The number of piperidine rings is 1. The normalized spacial score (nSPS) is 18.8. The van der Waals surface area contributed by atoms with Crippen molar-refractivity contribution in [2.24, 2.45) is 0 Å². The van der Waals surface area contributed by atoms with Crippen LogP contribution in [-0.4, -0.2) is 41.3 Å². The Hall–Kier alpha value is -2.22. The van der Waals surface area contributed by atoms with Crippen molar-refractivity contribution in [3.63, 3.8) is 0 Å². The molecule has 26 heavy (non-hydrogen) atoms. The lowest BCUT2D eigenvalue weighted by molar-refractivity contribution is -0.139. The summed E-state index contributed by atoms with van der Waals surface area (Å²) in [4.78, 5) is 2.24. The second kappa shape index (κ2) is 7.19. The highest BCUT2D eigenvalue weighted by Crippen LogP contribution is 2.33. The summed E-state index contributed by atoms with van der Waals surface area (Å²) < 4.78 is 51.9. The molecule has 1 N–H and O–H groups in total. The first-order valence-electron chi connectivity index (χ1n) is 8.40. The van der Waals surface area contributed by atoms with Crippen LogP contribution in [-0.2, 0) is 6.18 Å². The van der Waals surface area contributed by atoms with E-state index in [2.05, 4.69) is 27.5 Å². The van der Waals surface area contributed by atoms with Crippen LogP contribution in [0, 0.1) is 12.7 Å². The molecule has 0 radical (unpaired) electrons. The molecule has 3 rings (SSSR count). The van der Waals surface area contributed by atoms with E-state index in [4.69, 9.17) is 0 Å². The average Bonchev–Trinajstić information content (AvgIpc) is 2.53. The summed E-state index contributed by atoms with van der Waals surface area (Å²) in [5.74, 6) is -0.706. The van der Waals surface area contributed by atoms with Crippen molar-refractivity contribution < 1.29 is 17.6 Å². The Bertz CT molecular complexity index is 791. The van der Waals surface area contributed by atoms with Crippen LogP contribution in [0.4, 0.5) is 23.4 Å². The van der Waals surface area contributed by atoms with Crippen LogP contribution in [0.25, 0.3) is 11.3 Å². The van der Waals surface area contributed by atoms with Gasteiger partial charge in [0.1, 0.15) is 11.6 Å². The number of benzene rings is 1. The van der Waals surface area contributed by atoms with Gasteiger partial charge in [0.05, 0.1) is 11.3 Å². The molecule has 1 aromatic heterocycles. The highest BCUT2D eigenvalue weighted by Gasteiger charge is 2.34. The molecular weight excluding hydrogens is 348 g/mol. The number of rotatable bonds is 3. The minimum absolute atomic E-state index is 0.268. The number of likely N-dealkylation sites (N-methyl/N-ethyl adjacent to an activating group) is 1. The number of aromatic nitrogens is 2. The van der Waals surface area contributed by atoms with Gasteiger partial charge in [-0.25, -0.2) is 4.39 Å². The third-order valence-corrected chi connectivity index (χ3v) is 4.51. The van der Waals surface area contributed by atoms with E-state index in [-0.39, 0.29) is 11.6 Å². The minimum atomic E-state index is -4.72. The molecule has 1 saturated heterocycles. The second-order valence-corrected chi connectivity index (χ2v) is 6.70. The number of likely N-dealkylation sites (tertiary alicyclic amines) is 1. The summed E-state index contributed by atoms with van der Waals surface area (Å²) >= 11 is 0. The van der Waals surface area contributed by atoms with Crippen molar-refractivity contribution in [3.05, 3.63) is 41.2 Å². The molecule has 4 nitrogen and oxygen atoms in total. The monoisotopic (exact) mass is 368 g/mol. The SMILES string of the molecule is Cc1cc(N[C@@H]2CCCN(C)C2)nnc1-c1ccc(C(F)(F)F)c(F)c1. The zero-order chi connectivity index (χ0) is 18.9. The summed E-state index contributed by atoms with van der Waals surface area (Å²) in [6, 6.07) is 4.86. The highest BCUT2D eigenvalue weighted by atomic mass is 19.4. The summed E-state index contributed by atoms with van der Waals surface area (Å²) in [5.41, 5.74) is 0.0609. The number of nitrogens with zero attached hydrogens (tertiary/aromatic N) is 3. The van der Waals surface area contributed by atoms with Crippen LogP contribution in [0.1, 0.15) is 24.0 Å². The summed E-state index contributed by atoms with van der Waals surface area (Å²) in [7, 11) is 2.06. The van der Waals surface area contributed by atoms with Gasteiger partial charge < -0.3 is 10.2 Å². The van der Waals surface area contributed by atoms with E-state index in [0.29, 0.717) is 17.1 Å². The lowest BCUT2D eigenvalue weighted by Crippen LogP contribution is -2.39. The molecule has 2 heterocycles. The first-order chi connectivity index (χ1) is 12.2. The molecule has 0 spiro atoms. The molecule has 1 atom stereocenters. The van der Waals surface area contributed by atoms with Crippen LogP contribution in [0.2, 0.25) is 0 Å². The number of hydrogen-bond acceptors (Lipinski definition) is 4. The van der Waals surface area contributed by atoms with Crippen molar-refractivity contribution in [2.75, 3.05) is 25.5 Å². The van der Waals surface area contributed by atoms with Gasteiger partial charge in [0.2, 0.25) is 0 Å². The second-order valence-electron chi connectivity index (χ2n) is 6.70. The number of alkyl halides is 3. The Kier molecular flexibility index (Phi) is 5.13. The molecule has 0 bridgehead atoms. The van der Waals surface area contributed by atoms with Crippen molar-refractivity contribution in [1.82, 2.24) is 15.1 Å². The number of anilines is 1. The topological polar surface area (TPSA) is 41.0 Å². The predicted molar refractivity (Wildman–Crippen MR) is 91.3 cm³/mol. The third-order valence-electron chi connectivity index (χ3n) is 4.51. The summed E-state index contributed by atoms with van der Waals surface area (Å²) in [5, 5.41) is 11.5. The van der Waals surface area contributed by atoms with Gasteiger partial charge in [-0.1, -0.05) is 6.07 Å². The quantitative estimate of drug-likeness (QED) is 0.828. The van der Waals surface area contributed by atoms with Crippen molar-refractivity contribution >= 4 is 5.82 Å². The lowest BCUT2D eigenvalue weighted by atomic mass is 10.0. The maximum absolute atomic E-state index is 13.8. The van der Waals surface area contributed by atoms with Gasteiger partial charge >= 0.3 is 6.18 Å². The Morgan fingerprint density at radius 1 is 1.19 bits per heavy atom. The largest absolute Gasteiger partial charge is 0.419 e. The molecule has 8 heteroatoms. The van der Waals surface area contributed by atoms with E-state index in [1.807, 2.05) is 0 Å². The fourth-order valence-electron chi connectivity index (χ4n) is 3.23. The van der Waals surface area contributed by atoms with Gasteiger partial charge in [0, 0.05) is 18.2 Å². The van der Waals surface area contributed by atoms with Gasteiger partial charge in [0.15, 0.2) is 0 Å². The van der Waals surface area contributed by atoms with Gasteiger partial charge in [-0.2, -0.15) is 13.2 Å². The molecule has 1 aliphatic heterocycles. The van der Waals surface area contributed by atoms with Crippen molar-refractivity contribution in [2.45, 2.75) is 32.0 Å². The maximum Gasteiger partial charge on any atom is 0.419 e. The van der Waals surface area contributed by atoms with E-state index < -0.39 is 17.6 Å². The molecule has 0 amide bonds. The molecule has 1 aromatic carbocycles. The van der Waals surface area contributed by atoms with Gasteiger partial charge in [0.25, 0.3) is 0 Å². The molecule has 2 aromatic rings.